The molecule has 0 amide bonds. The Morgan fingerprint density at radius 3 is 2.66 bits per heavy atom. The zero-order chi connectivity index (χ0) is 24.7. The van der Waals surface area contributed by atoms with Gasteiger partial charge in [-0.1, -0.05) is 12.1 Å². The topological polar surface area (TPSA) is 81.2 Å². The number of nitrogens with one attached hydrogen (secondary N) is 2. The van der Waals surface area contributed by atoms with E-state index in [1.165, 1.54) is 4.52 Å². The standard InChI is InChI=1S/C24H28F3N7O/c1-32-19-8-5-14(10-20(19)33(2)24(32)35)12-29-18-7-6-16(11-17(18)25)28-13-15-4-3-9-34-23(15)30-22(31-34)21(26)27/h3-5,8-10,16-18,21,28-29H,6-7,11-13H2,1-2H3/t16-,17+,18-/m1/s1. The molecule has 1 aliphatic carbocycles. The molecule has 4 aromatic rings. The molecule has 35 heavy (non-hydrogen) atoms. The van der Waals surface area contributed by atoms with Crippen molar-refractivity contribution in [2.75, 3.05) is 0 Å². The van der Waals surface area contributed by atoms with Gasteiger partial charge in [0, 0.05) is 51.0 Å². The second kappa shape index (κ2) is 9.46. The van der Waals surface area contributed by atoms with E-state index in [1.54, 1.807) is 35.5 Å². The Morgan fingerprint density at radius 1 is 1.09 bits per heavy atom. The Balaban J connectivity index is 1.17. The summed E-state index contributed by atoms with van der Waals surface area (Å²) in [6.45, 7) is 0.917. The fourth-order valence-electron chi connectivity index (χ4n) is 4.90. The quantitative estimate of drug-likeness (QED) is 0.419. The minimum Gasteiger partial charge on any atom is -0.310 e. The molecule has 0 radical (unpaired) electrons. The zero-order valence-electron chi connectivity index (χ0n) is 19.6. The van der Waals surface area contributed by atoms with Gasteiger partial charge in [0.25, 0.3) is 6.43 Å². The monoisotopic (exact) mass is 487 g/mol. The number of nitrogens with zero attached hydrogens (tertiary/aromatic N) is 5. The van der Waals surface area contributed by atoms with Gasteiger partial charge in [0.2, 0.25) is 5.82 Å². The highest BCUT2D eigenvalue weighted by atomic mass is 19.3. The third kappa shape index (κ3) is 4.57. The van der Waals surface area contributed by atoms with E-state index in [4.69, 9.17) is 0 Å². The minimum absolute atomic E-state index is 0.0176. The molecule has 3 heterocycles. The lowest BCUT2D eigenvalue weighted by molar-refractivity contribution is 0.140. The summed E-state index contributed by atoms with van der Waals surface area (Å²) < 4.78 is 45.5. The molecule has 1 saturated carbocycles. The average Bonchev–Trinajstić information content (AvgIpc) is 3.38. The van der Waals surface area contributed by atoms with E-state index in [0.717, 1.165) is 28.6 Å². The van der Waals surface area contributed by atoms with Crippen LogP contribution >= 0.6 is 0 Å². The van der Waals surface area contributed by atoms with Crippen molar-refractivity contribution in [1.29, 1.82) is 0 Å². The molecule has 1 fully saturated rings. The highest BCUT2D eigenvalue weighted by Gasteiger charge is 2.30. The van der Waals surface area contributed by atoms with Gasteiger partial charge in [0.15, 0.2) is 5.65 Å². The Kier molecular flexibility index (Phi) is 6.37. The Bertz CT molecular complexity index is 1410. The normalized spacial score (nSPS) is 20.9. The lowest BCUT2D eigenvalue weighted by Crippen LogP contribution is -2.46. The lowest BCUT2D eigenvalue weighted by Gasteiger charge is -2.33. The van der Waals surface area contributed by atoms with E-state index < -0.39 is 18.4 Å². The fraction of sp³-hybridized carbons (Fsp3) is 0.458. The number of alkyl halides is 3. The molecule has 0 spiro atoms. The van der Waals surface area contributed by atoms with Crippen molar-refractivity contribution in [3.8, 4) is 0 Å². The SMILES string of the molecule is Cn1c(=O)n(C)c2cc(CN[C@@H]3CC[C@@H](NCc4cccn5nc(C(F)F)nc45)C[C@@H]3F)ccc21. The van der Waals surface area contributed by atoms with E-state index in [9.17, 15) is 18.0 Å². The number of pyridine rings is 1. The number of halogens is 3. The summed E-state index contributed by atoms with van der Waals surface area (Å²) in [6, 6.07) is 9.12. The predicted molar refractivity (Wildman–Crippen MR) is 126 cm³/mol. The van der Waals surface area contributed by atoms with Gasteiger partial charge in [-0.3, -0.25) is 9.13 Å². The van der Waals surface area contributed by atoms with Crippen molar-refractivity contribution < 1.29 is 13.2 Å². The number of aromatic nitrogens is 5. The van der Waals surface area contributed by atoms with Crippen LogP contribution in [0.5, 0.6) is 0 Å². The smallest absolute Gasteiger partial charge is 0.310 e. The summed E-state index contributed by atoms with van der Waals surface area (Å²) in [5, 5.41) is 10.5. The Hall–Kier alpha value is -3.18. The third-order valence-corrected chi connectivity index (χ3v) is 6.91. The zero-order valence-corrected chi connectivity index (χ0v) is 19.6. The van der Waals surface area contributed by atoms with Crippen LogP contribution in [0.15, 0.2) is 41.3 Å². The van der Waals surface area contributed by atoms with Crippen molar-refractivity contribution in [3.63, 3.8) is 0 Å². The summed E-state index contributed by atoms with van der Waals surface area (Å²) in [7, 11) is 3.49. The number of benzene rings is 1. The van der Waals surface area contributed by atoms with Gasteiger partial charge in [-0.25, -0.2) is 27.5 Å². The highest BCUT2D eigenvalue weighted by molar-refractivity contribution is 5.76. The molecule has 0 saturated heterocycles. The van der Waals surface area contributed by atoms with Crippen LogP contribution in [0.1, 0.15) is 42.6 Å². The first-order valence-corrected chi connectivity index (χ1v) is 11.7. The lowest BCUT2D eigenvalue weighted by atomic mass is 9.89. The Morgan fingerprint density at radius 2 is 1.89 bits per heavy atom. The number of hydrogen-bond donors (Lipinski definition) is 2. The van der Waals surface area contributed by atoms with Crippen LogP contribution in [-0.2, 0) is 27.2 Å². The van der Waals surface area contributed by atoms with Crippen LogP contribution in [0.25, 0.3) is 16.7 Å². The molecule has 0 bridgehead atoms. The van der Waals surface area contributed by atoms with E-state index in [1.807, 2.05) is 24.3 Å². The van der Waals surface area contributed by atoms with Gasteiger partial charge in [-0.15, -0.1) is 5.10 Å². The molecule has 3 aromatic heterocycles. The first-order chi connectivity index (χ1) is 16.8. The first-order valence-electron chi connectivity index (χ1n) is 11.7. The van der Waals surface area contributed by atoms with Crippen LogP contribution in [-0.4, -0.2) is 42.0 Å². The summed E-state index contributed by atoms with van der Waals surface area (Å²) >= 11 is 0. The van der Waals surface area contributed by atoms with Crippen LogP contribution < -0.4 is 16.3 Å². The third-order valence-electron chi connectivity index (χ3n) is 6.91. The largest absolute Gasteiger partial charge is 0.328 e. The van der Waals surface area contributed by atoms with Crippen molar-refractivity contribution in [2.45, 2.75) is 57.0 Å². The van der Waals surface area contributed by atoms with Gasteiger partial charge in [-0.2, -0.15) is 0 Å². The number of hydrogen-bond acceptors (Lipinski definition) is 5. The minimum atomic E-state index is -2.73. The van der Waals surface area contributed by atoms with Crippen molar-refractivity contribution in [1.82, 2.24) is 34.4 Å². The Labute approximate surface area is 199 Å². The summed E-state index contributed by atoms with van der Waals surface area (Å²) in [5.41, 5.74) is 3.77. The molecular formula is C24H28F3N7O. The maximum absolute atomic E-state index is 15.0. The van der Waals surface area contributed by atoms with Crippen LogP contribution in [0.4, 0.5) is 13.2 Å². The number of fused-ring (bicyclic) bond motifs is 2. The van der Waals surface area contributed by atoms with Gasteiger partial charge < -0.3 is 10.6 Å². The first kappa shape index (κ1) is 23.6. The summed E-state index contributed by atoms with van der Waals surface area (Å²) in [5.74, 6) is -0.499. The molecule has 5 rings (SSSR count). The van der Waals surface area contributed by atoms with Crippen LogP contribution in [0.2, 0.25) is 0 Å². The second-order valence-electron chi connectivity index (χ2n) is 9.19. The van der Waals surface area contributed by atoms with Crippen LogP contribution in [0, 0.1) is 0 Å². The van der Waals surface area contributed by atoms with Crippen LogP contribution in [0.3, 0.4) is 0 Å². The number of aryl methyl sites for hydroxylation is 2. The molecule has 1 aromatic carbocycles. The molecule has 11 heteroatoms. The molecule has 8 nitrogen and oxygen atoms in total. The number of rotatable bonds is 7. The van der Waals surface area contributed by atoms with Gasteiger partial charge in [-0.05, 0) is 43.0 Å². The highest BCUT2D eigenvalue weighted by Crippen LogP contribution is 2.24. The molecule has 3 atom stereocenters. The number of imidazole rings is 1. The van der Waals surface area contributed by atoms with Crippen molar-refractivity contribution >= 4 is 16.7 Å². The molecule has 2 N–H and O–H groups in total. The second-order valence-corrected chi connectivity index (χ2v) is 9.19. The van der Waals surface area contributed by atoms with Crippen molar-refractivity contribution in [2.24, 2.45) is 14.1 Å². The summed E-state index contributed by atoms with van der Waals surface area (Å²) in [6.07, 6.45) is -0.325. The van der Waals surface area contributed by atoms with Gasteiger partial charge >= 0.3 is 5.69 Å². The molecule has 1 aliphatic rings. The van der Waals surface area contributed by atoms with E-state index in [2.05, 4.69) is 20.7 Å². The maximum Gasteiger partial charge on any atom is 0.328 e. The average molecular weight is 488 g/mol. The van der Waals surface area contributed by atoms with Crippen molar-refractivity contribution in [3.05, 3.63) is 64.0 Å². The van der Waals surface area contributed by atoms with E-state index >= 15 is 0 Å². The molecule has 186 valence electrons. The summed E-state index contributed by atoms with van der Waals surface area (Å²) in [4.78, 5) is 16.1. The molecule has 0 unspecified atom stereocenters. The van der Waals surface area contributed by atoms with Gasteiger partial charge in [0.05, 0.1) is 11.0 Å². The molecular weight excluding hydrogens is 459 g/mol. The maximum atomic E-state index is 15.0. The van der Waals surface area contributed by atoms with E-state index in [0.29, 0.717) is 31.6 Å². The fourth-order valence-corrected chi connectivity index (χ4v) is 4.90. The molecule has 0 aliphatic heterocycles. The van der Waals surface area contributed by atoms with Gasteiger partial charge in [0.1, 0.15) is 6.17 Å². The predicted octanol–water partition coefficient (Wildman–Crippen LogP) is 3.00. The van der Waals surface area contributed by atoms with E-state index in [-0.39, 0.29) is 17.8 Å².